The molecule has 0 aliphatic heterocycles. The summed E-state index contributed by atoms with van der Waals surface area (Å²) in [5.41, 5.74) is -12.6. The standard InChI is InChI=1S/C31H3F17/c1-8-15(32)9(25(42)28(45)16(8)33)2-3-10-17(34)19(36)11(20(37)18(10)35)4-5-12-21(38)23(40)13(24(41)22(12)39)6-7-14-26(43)29(46)31(48)30(47)27(14)44/h1H3. The molecule has 4 aromatic rings. The Labute approximate surface area is 255 Å². The Kier molecular flexibility index (Phi) is 9.45. The number of halogens is 17. The van der Waals surface area contributed by atoms with Gasteiger partial charge < -0.3 is 0 Å². The first-order chi connectivity index (χ1) is 22.3. The van der Waals surface area contributed by atoms with E-state index in [4.69, 9.17) is 0 Å². The van der Waals surface area contributed by atoms with Crippen molar-refractivity contribution in [1.82, 2.24) is 0 Å². The van der Waals surface area contributed by atoms with E-state index in [1.807, 2.05) is 0 Å². The molecule has 0 unspecified atom stereocenters. The highest BCUT2D eigenvalue weighted by molar-refractivity contribution is 5.54. The second-order valence-electron chi connectivity index (χ2n) is 8.96. The molecule has 0 radical (unpaired) electrons. The summed E-state index contributed by atoms with van der Waals surface area (Å²) in [4.78, 5) is 0. The first kappa shape index (κ1) is 35.2. The van der Waals surface area contributed by atoms with E-state index >= 15 is 0 Å². The van der Waals surface area contributed by atoms with Gasteiger partial charge >= 0.3 is 0 Å². The fraction of sp³-hybridized carbons (Fsp3) is 0.0323. The molecule has 17 heteroatoms. The molecule has 0 aliphatic carbocycles. The maximum Gasteiger partial charge on any atom is 0.200 e. The van der Waals surface area contributed by atoms with Crippen molar-refractivity contribution in [2.45, 2.75) is 6.92 Å². The van der Waals surface area contributed by atoms with Crippen molar-refractivity contribution in [3.63, 3.8) is 0 Å². The molecule has 0 aliphatic rings. The molecule has 246 valence electrons. The van der Waals surface area contributed by atoms with Crippen molar-refractivity contribution in [2.75, 3.05) is 0 Å². The molecular weight excluding hydrogens is 695 g/mol. The molecule has 0 saturated heterocycles. The van der Waals surface area contributed by atoms with Crippen molar-refractivity contribution in [2.24, 2.45) is 0 Å². The third-order valence-corrected chi connectivity index (χ3v) is 6.16. The Balaban J connectivity index is 1.82. The van der Waals surface area contributed by atoms with E-state index in [2.05, 4.69) is 0 Å². The summed E-state index contributed by atoms with van der Waals surface area (Å²) in [5, 5.41) is 0. The molecule has 0 nitrogen and oxygen atoms in total. The third kappa shape index (κ3) is 5.64. The molecule has 0 fully saturated rings. The van der Waals surface area contributed by atoms with E-state index in [9.17, 15) is 74.6 Å². The van der Waals surface area contributed by atoms with Gasteiger partial charge in [-0.1, -0.05) is 35.5 Å². The highest BCUT2D eigenvalue weighted by Gasteiger charge is 2.28. The minimum absolute atomic E-state index is 0.622. The van der Waals surface area contributed by atoms with Crippen LogP contribution in [0.2, 0.25) is 0 Å². The van der Waals surface area contributed by atoms with Gasteiger partial charge in [0.25, 0.3) is 0 Å². The lowest BCUT2D eigenvalue weighted by Gasteiger charge is -2.06. The fourth-order valence-corrected chi connectivity index (χ4v) is 3.65. The summed E-state index contributed by atoms with van der Waals surface area (Å²) >= 11 is 0. The minimum Gasteiger partial charge on any atom is -0.205 e. The summed E-state index contributed by atoms with van der Waals surface area (Å²) in [6, 6.07) is 0. The van der Waals surface area contributed by atoms with E-state index in [0.717, 1.165) is 23.7 Å². The van der Waals surface area contributed by atoms with E-state index in [1.165, 1.54) is 11.8 Å². The predicted octanol–water partition coefficient (Wildman–Crippen LogP) is 8.56. The van der Waals surface area contributed by atoms with Gasteiger partial charge in [-0.25, -0.2) is 74.6 Å². The van der Waals surface area contributed by atoms with Gasteiger partial charge in [0, 0.05) is 5.56 Å². The Hall–Kier alpha value is -5.63. The number of hydrogen-bond acceptors (Lipinski definition) is 0. The number of hydrogen-bond donors (Lipinski definition) is 0. The molecule has 4 aromatic carbocycles. The molecule has 0 atom stereocenters. The van der Waals surface area contributed by atoms with Crippen molar-refractivity contribution >= 4 is 0 Å². The number of rotatable bonds is 0. The maximum absolute atomic E-state index is 14.6. The van der Waals surface area contributed by atoms with Gasteiger partial charge in [0.2, 0.25) is 5.82 Å². The predicted molar refractivity (Wildman–Crippen MR) is 128 cm³/mol. The van der Waals surface area contributed by atoms with Gasteiger partial charge in [-0.2, -0.15) is 0 Å². The van der Waals surface area contributed by atoms with Crippen LogP contribution in [0.4, 0.5) is 74.6 Å². The zero-order valence-electron chi connectivity index (χ0n) is 22.4. The summed E-state index contributed by atoms with van der Waals surface area (Å²) in [7, 11) is 0. The molecule has 0 N–H and O–H groups in total. The minimum atomic E-state index is -2.63. The molecule has 0 bridgehead atoms. The number of benzene rings is 4. The van der Waals surface area contributed by atoms with Gasteiger partial charge in [-0.3, -0.25) is 0 Å². The summed E-state index contributed by atoms with van der Waals surface area (Å²) in [6.07, 6.45) is 0. The van der Waals surface area contributed by atoms with Crippen LogP contribution in [0.1, 0.15) is 38.9 Å². The van der Waals surface area contributed by atoms with Gasteiger partial charge in [-0.15, -0.1) is 0 Å². The van der Waals surface area contributed by atoms with Gasteiger partial charge in [0.05, 0.1) is 5.56 Å². The van der Waals surface area contributed by atoms with Gasteiger partial charge in [0.15, 0.2) is 87.3 Å². The van der Waals surface area contributed by atoms with Crippen molar-refractivity contribution in [3.8, 4) is 35.5 Å². The summed E-state index contributed by atoms with van der Waals surface area (Å²) in [5.74, 6) is -34.0. The van der Waals surface area contributed by atoms with E-state index in [-0.39, 0.29) is 0 Å². The zero-order valence-corrected chi connectivity index (χ0v) is 22.4. The molecule has 0 spiro atoms. The van der Waals surface area contributed by atoms with E-state index in [0.29, 0.717) is 6.92 Å². The highest BCUT2D eigenvalue weighted by Crippen LogP contribution is 2.28. The molecule has 0 aromatic heterocycles. The monoisotopic (exact) mass is 698 g/mol. The first-order valence-corrected chi connectivity index (χ1v) is 12.0. The molecular formula is C31H3F17. The van der Waals surface area contributed by atoms with Crippen LogP contribution in [-0.2, 0) is 0 Å². The van der Waals surface area contributed by atoms with Crippen LogP contribution >= 0.6 is 0 Å². The second-order valence-corrected chi connectivity index (χ2v) is 8.96. The van der Waals surface area contributed by atoms with Crippen LogP contribution in [0.3, 0.4) is 0 Å². The van der Waals surface area contributed by atoms with E-state index < -0.39 is 138 Å². The average molecular weight is 698 g/mol. The molecule has 48 heavy (non-hydrogen) atoms. The van der Waals surface area contributed by atoms with Crippen LogP contribution in [0.15, 0.2) is 0 Å². The highest BCUT2D eigenvalue weighted by atomic mass is 19.2. The smallest absolute Gasteiger partial charge is 0.200 e. The van der Waals surface area contributed by atoms with E-state index in [1.54, 1.807) is 0 Å². The molecule has 0 saturated carbocycles. The lowest BCUT2D eigenvalue weighted by atomic mass is 10.0. The van der Waals surface area contributed by atoms with Crippen molar-refractivity contribution in [1.29, 1.82) is 0 Å². The Bertz CT molecular complexity index is 2010. The fourth-order valence-electron chi connectivity index (χ4n) is 3.65. The van der Waals surface area contributed by atoms with Gasteiger partial charge in [0.1, 0.15) is 33.6 Å². The molecule has 0 heterocycles. The lowest BCUT2D eigenvalue weighted by Crippen LogP contribution is -2.07. The van der Waals surface area contributed by atoms with Crippen molar-refractivity contribution in [3.05, 3.63) is 138 Å². The van der Waals surface area contributed by atoms with Crippen LogP contribution in [0.5, 0.6) is 0 Å². The third-order valence-electron chi connectivity index (χ3n) is 6.16. The SMILES string of the molecule is Cc1c(F)c(F)c(F)c(C#Cc2c(F)c(F)c(C#Cc3c(F)c(F)c(C#Cc4c(F)c(F)c(F)c(F)c4F)c(F)c3F)c(F)c2F)c1F. The Morgan fingerprint density at radius 1 is 0.208 bits per heavy atom. The lowest BCUT2D eigenvalue weighted by molar-refractivity contribution is 0.376. The van der Waals surface area contributed by atoms with Crippen molar-refractivity contribution < 1.29 is 74.6 Å². The Morgan fingerprint density at radius 3 is 0.583 bits per heavy atom. The topological polar surface area (TPSA) is 0 Å². The second kappa shape index (κ2) is 12.9. The normalized spacial score (nSPS) is 10.6. The largest absolute Gasteiger partial charge is 0.205 e. The zero-order chi connectivity index (χ0) is 36.1. The molecule has 0 amide bonds. The van der Waals surface area contributed by atoms with Crippen LogP contribution in [0, 0.1) is 141 Å². The molecule has 4 rings (SSSR count). The van der Waals surface area contributed by atoms with Crippen LogP contribution in [-0.4, -0.2) is 0 Å². The Morgan fingerprint density at radius 2 is 0.354 bits per heavy atom. The van der Waals surface area contributed by atoms with Crippen LogP contribution < -0.4 is 0 Å². The summed E-state index contributed by atoms with van der Waals surface area (Å²) < 4.78 is 239. The first-order valence-electron chi connectivity index (χ1n) is 12.0. The average Bonchev–Trinajstić information content (AvgIpc) is 3.06. The maximum atomic E-state index is 14.6. The van der Waals surface area contributed by atoms with Crippen LogP contribution in [0.25, 0.3) is 0 Å². The summed E-state index contributed by atoms with van der Waals surface area (Å²) in [6.45, 7) is 0.622. The van der Waals surface area contributed by atoms with Gasteiger partial charge in [-0.05, 0) is 6.92 Å². The quantitative estimate of drug-likeness (QED) is 0.0748.